The summed E-state index contributed by atoms with van der Waals surface area (Å²) in [7, 11) is 0. The number of carbonyl (C=O) groups excluding carboxylic acids is 2. The largest absolute Gasteiger partial charge is 0.444 e. The summed E-state index contributed by atoms with van der Waals surface area (Å²) in [4.78, 5) is 35.0. The fourth-order valence-corrected chi connectivity index (χ4v) is 3.18. The first kappa shape index (κ1) is 16.7. The minimum atomic E-state index is -0.659. The van der Waals surface area contributed by atoms with E-state index in [0.29, 0.717) is 18.7 Å². The fraction of sp³-hybridized carbons (Fsp3) is 0.647. The van der Waals surface area contributed by atoms with Crippen molar-refractivity contribution in [1.29, 1.82) is 0 Å². The van der Waals surface area contributed by atoms with Crippen molar-refractivity contribution in [2.75, 3.05) is 4.90 Å². The molecular formula is C17H24N4O3. The highest BCUT2D eigenvalue weighted by atomic mass is 16.6. The summed E-state index contributed by atoms with van der Waals surface area (Å²) in [5.74, 6) is 0.664. The molecular weight excluding hydrogens is 308 g/mol. The lowest BCUT2D eigenvalue weighted by molar-refractivity contribution is -0.123. The predicted octanol–water partition coefficient (Wildman–Crippen LogP) is 2.16. The molecule has 0 aromatic carbocycles. The third-order valence-corrected chi connectivity index (χ3v) is 4.45. The van der Waals surface area contributed by atoms with E-state index >= 15 is 0 Å². The second-order valence-corrected chi connectivity index (χ2v) is 8.00. The number of hydrogen-bond donors (Lipinski definition) is 1. The maximum absolute atomic E-state index is 12.8. The van der Waals surface area contributed by atoms with Crippen LogP contribution in [0.4, 0.5) is 10.6 Å². The van der Waals surface area contributed by atoms with Crippen molar-refractivity contribution in [2.24, 2.45) is 0 Å². The van der Waals surface area contributed by atoms with Gasteiger partial charge in [0.05, 0.1) is 11.1 Å². The van der Waals surface area contributed by atoms with Crippen LogP contribution in [-0.2, 0) is 14.9 Å². The van der Waals surface area contributed by atoms with Crippen LogP contribution in [0.25, 0.3) is 0 Å². The van der Waals surface area contributed by atoms with Crippen LogP contribution in [-0.4, -0.2) is 39.7 Å². The Balaban J connectivity index is 1.65. The second-order valence-electron chi connectivity index (χ2n) is 8.00. The number of anilines is 1. The summed E-state index contributed by atoms with van der Waals surface area (Å²) in [6.45, 7) is 9.24. The molecule has 7 nitrogen and oxygen atoms in total. The summed E-state index contributed by atoms with van der Waals surface area (Å²) in [6, 6.07) is 0.0520. The number of rotatable bonds is 2. The zero-order valence-electron chi connectivity index (χ0n) is 14.8. The molecule has 0 atom stereocenters. The lowest BCUT2D eigenvalue weighted by Crippen LogP contribution is -2.56. The molecule has 1 aromatic heterocycles. The molecule has 2 heterocycles. The van der Waals surface area contributed by atoms with Crippen LogP contribution in [0.5, 0.6) is 0 Å². The molecule has 0 bridgehead atoms. The summed E-state index contributed by atoms with van der Waals surface area (Å²) >= 11 is 0. The van der Waals surface area contributed by atoms with Gasteiger partial charge in [0.2, 0.25) is 5.91 Å². The Morgan fingerprint density at radius 3 is 2.54 bits per heavy atom. The van der Waals surface area contributed by atoms with Crippen molar-refractivity contribution in [2.45, 2.75) is 70.6 Å². The number of fused-ring (bicyclic) bond motifs is 1. The van der Waals surface area contributed by atoms with Crippen molar-refractivity contribution < 1.29 is 14.3 Å². The van der Waals surface area contributed by atoms with Crippen molar-refractivity contribution >= 4 is 17.8 Å². The van der Waals surface area contributed by atoms with E-state index in [1.165, 1.54) is 0 Å². The van der Waals surface area contributed by atoms with Gasteiger partial charge in [-0.05, 0) is 47.5 Å². The van der Waals surface area contributed by atoms with Gasteiger partial charge in [-0.15, -0.1) is 0 Å². The highest BCUT2D eigenvalue weighted by Gasteiger charge is 2.51. The van der Waals surface area contributed by atoms with E-state index in [1.807, 2.05) is 34.6 Å². The minimum absolute atomic E-state index is 0.0153. The van der Waals surface area contributed by atoms with Gasteiger partial charge in [0.15, 0.2) is 5.82 Å². The van der Waals surface area contributed by atoms with Crippen LogP contribution < -0.4 is 10.2 Å². The summed E-state index contributed by atoms with van der Waals surface area (Å²) < 4.78 is 5.26. The molecule has 1 aliphatic heterocycles. The SMILES string of the molecule is CC(C)(C)OC(=O)N[C@H]1C[C@H](N2C(=O)C(C)(C)c3nccnc32)C1. The van der Waals surface area contributed by atoms with Gasteiger partial charge in [-0.1, -0.05) is 0 Å². The number of carbonyl (C=O) groups is 2. The maximum atomic E-state index is 12.8. The number of hydrogen-bond acceptors (Lipinski definition) is 5. The number of alkyl carbamates (subject to hydrolysis) is 1. The van der Waals surface area contributed by atoms with Crippen molar-refractivity contribution in [3.05, 3.63) is 18.1 Å². The molecule has 0 unspecified atom stereocenters. The first-order chi connectivity index (χ1) is 11.1. The Labute approximate surface area is 141 Å². The van der Waals surface area contributed by atoms with E-state index in [2.05, 4.69) is 15.3 Å². The predicted molar refractivity (Wildman–Crippen MR) is 88.7 cm³/mol. The molecule has 0 radical (unpaired) electrons. The van der Waals surface area contributed by atoms with Gasteiger partial charge in [0.25, 0.3) is 0 Å². The average molecular weight is 332 g/mol. The van der Waals surface area contributed by atoms with E-state index in [1.54, 1.807) is 17.3 Å². The van der Waals surface area contributed by atoms with Gasteiger partial charge in [-0.3, -0.25) is 14.7 Å². The molecule has 24 heavy (non-hydrogen) atoms. The van der Waals surface area contributed by atoms with Gasteiger partial charge in [0, 0.05) is 24.5 Å². The smallest absolute Gasteiger partial charge is 0.407 e. The molecule has 1 aromatic rings. The fourth-order valence-electron chi connectivity index (χ4n) is 3.18. The Hall–Kier alpha value is -2.18. The molecule has 0 saturated heterocycles. The van der Waals surface area contributed by atoms with Gasteiger partial charge < -0.3 is 10.1 Å². The number of aromatic nitrogens is 2. The third-order valence-electron chi connectivity index (χ3n) is 4.45. The average Bonchev–Trinajstić information content (AvgIpc) is 2.61. The normalized spacial score (nSPS) is 25.0. The second kappa shape index (κ2) is 5.43. The van der Waals surface area contributed by atoms with E-state index < -0.39 is 17.1 Å². The highest BCUT2D eigenvalue weighted by molar-refractivity contribution is 6.06. The van der Waals surface area contributed by atoms with Gasteiger partial charge in [-0.25, -0.2) is 9.78 Å². The van der Waals surface area contributed by atoms with Crippen LogP contribution >= 0.6 is 0 Å². The number of nitrogens with zero attached hydrogens (tertiary/aromatic N) is 3. The Kier molecular flexibility index (Phi) is 3.77. The minimum Gasteiger partial charge on any atom is -0.444 e. The molecule has 2 aliphatic rings. The Bertz CT molecular complexity index is 675. The molecule has 130 valence electrons. The summed E-state index contributed by atoms with van der Waals surface area (Å²) in [6.07, 6.45) is 4.19. The zero-order chi connectivity index (χ0) is 17.7. The van der Waals surface area contributed by atoms with Crippen LogP contribution in [0.1, 0.15) is 53.2 Å². The molecule has 1 aliphatic carbocycles. The van der Waals surface area contributed by atoms with Crippen LogP contribution in [0.15, 0.2) is 12.4 Å². The Morgan fingerprint density at radius 2 is 1.92 bits per heavy atom. The molecule has 2 amide bonds. The van der Waals surface area contributed by atoms with Crippen molar-refractivity contribution in [3.63, 3.8) is 0 Å². The number of amides is 2. The van der Waals surface area contributed by atoms with E-state index in [4.69, 9.17) is 4.74 Å². The molecule has 1 fully saturated rings. The number of ether oxygens (including phenoxy) is 1. The van der Waals surface area contributed by atoms with Crippen molar-refractivity contribution in [3.8, 4) is 0 Å². The number of nitrogens with one attached hydrogen (secondary N) is 1. The zero-order valence-corrected chi connectivity index (χ0v) is 14.8. The monoisotopic (exact) mass is 332 g/mol. The van der Waals surface area contributed by atoms with Crippen LogP contribution in [0.2, 0.25) is 0 Å². The third kappa shape index (κ3) is 2.83. The summed E-state index contributed by atoms with van der Waals surface area (Å²) in [5.41, 5.74) is -0.456. The maximum Gasteiger partial charge on any atom is 0.407 e. The van der Waals surface area contributed by atoms with E-state index in [0.717, 1.165) is 5.69 Å². The van der Waals surface area contributed by atoms with E-state index in [9.17, 15) is 9.59 Å². The van der Waals surface area contributed by atoms with Gasteiger partial charge >= 0.3 is 6.09 Å². The molecule has 7 heteroatoms. The van der Waals surface area contributed by atoms with Crippen LogP contribution in [0.3, 0.4) is 0 Å². The van der Waals surface area contributed by atoms with Crippen LogP contribution in [0, 0.1) is 0 Å². The molecule has 3 rings (SSSR count). The Morgan fingerprint density at radius 1 is 1.29 bits per heavy atom. The van der Waals surface area contributed by atoms with Gasteiger partial charge in [-0.2, -0.15) is 0 Å². The summed E-state index contributed by atoms with van der Waals surface area (Å²) in [5, 5.41) is 2.85. The lowest BCUT2D eigenvalue weighted by Gasteiger charge is -2.41. The van der Waals surface area contributed by atoms with E-state index in [-0.39, 0.29) is 18.0 Å². The molecule has 1 N–H and O–H groups in total. The quantitative estimate of drug-likeness (QED) is 0.897. The standard InChI is InChI=1S/C17H24N4O3/c1-16(2,3)24-15(23)20-10-8-11(9-10)21-13-12(18-6-7-19-13)17(4,5)14(21)22/h6-7,10-11H,8-9H2,1-5H3,(H,20,23)/t10-,11-. The first-order valence-electron chi connectivity index (χ1n) is 8.24. The molecule has 1 saturated carbocycles. The first-order valence-corrected chi connectivity index (χ1v) is 8.24. The lowest BCUT2D eigenvalue weighted by atomic mass is 9.85. The molecule has 0 spiro atoms. The topological polar surface area (TPSA) is 84.4 Å². The highest BCUT2D eigenvalue weighted by Crippen LogP contribution is 2.43. The van der Waals surface area contributed by atoms with Gasteiger partial charge in [0.1, 0.15) is 5.60 Å². The van der Waals surface area contributed by atoms with Crippen molar-refractivity contribution in [1.82, 2.24) is 15.3 Å².